The van der Waals surface area contributed by atoms with E-state index >= 15 is 0 Å². The second-order valence-electron chi connectivity index (χ2n) is 11.0. The zero-order valence-corrected chi connectivity index (χ0v) is 24.4. The molecule has 0 amide bonds. The summed E-state index contributed by atoms with van der Waals surface area (Å²) in [6.07, 6.45) is 8.22. The van der Waals surface area contributed by atoms with Gasteiger partial charge in [-0.1, -0.05) is 85.0 Å². The Kier molecular flexibility index (Phi) is 7.87. The maximum Gasteiger partial charge on any atom is 0.0464 e. The van der Waals surface area contributed by atoms with E-state index in [4.69, 9.17) is 0 Å². The molecule has 0 unspecified atom stereocenters. The number of aryl methyl sites for hydroxylation is 2. The Bertz CT molecular complexity index is 1760. The topological polar surface area (TPSA) is 6.48 Å². The number of benzene rings is 5. The number of nitrogens with zero attached hydrogens (tertiary/aromatic N) is 2. The van der Waals surface area contributed by atoms with Crippen molar-refractivity contribution in [1.29, 1.82) is 0 Å². The van der Waals surface area contributed by atoms with Gasteiger partial charge in [0.25, 0.3) is 0 Å². The van der Waals surface area contributed by atoms with Crippen molar-refractivity contribution >= 4 is 28.4 Å². The van der Waals surface area contributed by atoms with E-state index in [-0.39, 0.29) is 0 Å². The number of para-hydroxylation sites is 2. The standard InChI is InChI=1S/C40H36N2/c1-4-13-37(41(35-16-7-5-8-17-35)38-20-11-14-30(2)24-38)28-32-26-33-22-23-40(29-34(33)27-32)42(36-18-9-6-10-19-36)39-21-12-15-31(3)25-39/h4-25,28-29H,1,26-27H2,2-3H3/b32-28+,37-13+. The third kappa shape index (κ3) is 5.84. The minimum Gasteiger partial charge on any atom is -0.310 e. The molecule has 0 saturated carbocycles. The molecule has 0 atom stereocenters. The fraction of sp³-hybridized carbons (Fsp3) is 0.100. The van der Waals surface area contributed by atoms with Crippen LogP contribution in [-0.2, 0) is 12.8 Å². The van der Waals surface area contributed by atoms with Gasteiger partial charge in [0.2, 0.25) is 0 Å². The summed E-state index contributed by atoms with van der Waals surface area (Å²) in [7, 11) is 0. The first-order valence-corrected chi connectivity index (χ1v) is 14.6. The van der Waals surface area contributed by atoms with E-state index < -0.39 is 0 Å². The number of allylic oxidation sites excluding steroid dienone is 4. The Morgan fingerprint density at radius 1 is 0.571 bits per heavy atom. The summed E-state index contributed by atoms with van der Waals surface area (Å²) in [5.74, 6) is 0. The maximum atomic E-state index is 4.06. The second kappa shape index (κ2) is 12.2. The molecule has 1 aliphatic carbocycles. The molecule has 206 valence electrons. The molecule has 0 N–H and O–H groups in total. The maximum absolute atomic E-state index is 4.06. The van der Waals surface area contributed by atoms with Gasteiger partial charge in [-0.2, -0.15) is 0 Å². The molecular weight excluding hydrogens is 508 g/mol. The van der Waals surface area contributed by atoms with Crippen LogP contribution in [0.5, 0.6) is 0 Å². The van der Waals surface area contributed by atoms with Gasteiger partial charge in [-0.3, -0.25) is 0 Å². The van der Waals surface area contributed by atoms with Crippen LogP contribution in [0.15, 0.2) is 163 Å². The number of rotatable bonds is 8. The number of anilines is 5. The van der Waals surface area contributed by atoms with Gasteiger partial charge in [-0.15, -0.1) is 0 Å². The molecule has 6 rings (SSSR count). The quantitative estimate of drug-likeness (QED) is 0.179. The Hall–Kier alpha value is -5.08. The highest BCUT2D eigenvalue weighted by Crippen LogP contribution is 2.39. The van der Waals surface area contributed by atoms with E-state index in [0.717, 1.165) is 35.6 Å². The third-order valence-electron chi connectivity index (χ3n) is 7.73. The van der Waals surface area contributed by atoms with Crippen LogP contribution in [0.25, 0.3) is 0 Å². The predicted octanol–water partition coefficient (Wildman–Crippen LogP) is 10.7. The van der Waals surface area contributed by atoms with E-state index in [1.54, 1.807) is 0 Å². The Morgan fingerprint density at radius 3 is 1.81 bits per heavy atom. The van der Waals surface area contributed by atoms with Gasteiger partial charge in [-0.05, 0) is 122 Å². The van der Waals surface area contributed by atoms with Crippen molar-refractivity contribution in [2.45, 2.75) is 26.7 Å². The molecule has 5 aromatic carbocycles. The predicted molar refractivity (Wildman–Crippen MR) is 179 cm³/mol. The average Bonchev–Trinajstić information content (AvgIpc) is 3.40. The smallest absolute Gasteiger partial charge is 0.0464 e. The van der Waals surface area contributed by atoms with E-state index in [0.29, 0.717) is 0 Å². The number of hydrogen-bond donors (Lipinski definition) is 0. The van der Waals surface area contributed by atoms with Crippen molar-refractivity contribution in [1.82, 2.24) is 0 Å². The highest BCUT2D eigenvalue weighted by Gasteiger charge is 2.21. The first-order chi connectivity index (χ1) is 20.6. The van der Waals surface area contributed by atoms with Gasteiger partial charge in [0.1, 0.15) is 0 Å². The van der Waals surface area contributed by atoms with Gasteiger partial charge in [0.05, 0.1) is 0 Å². The second-order valence-corrected chi connectivity index (χ2v) is 11.0. The third-order valence-corrected chi connectivity index (χ3v) is 7.73. The Morgan fingerprint density at radius 2 is 1.14 bits per heavy atom. The molecule has 5 aromatic rings. The minimum absolute atomic E-state index is 0.921. The van der Waals surface area contributed by atoms with Crippen LogP contribution in [-0.4, -0.2) is 0 Å². The number of hydrogen-bond acceptors (Lipinski definition) is 2. The lowest BCUT2D eigenvalue weighted by Gasteiger charge is -2.27. The normalized spacial score (nSPS) is 13.6. The summed E-state index contributed by atoms with van der Waals surface area (Å²) in [4.78, 5) is 4.68. The van der Waals surface area contributed by atoms with E-state index in [9.17, 15) is 0 Å². The van der Waals surface area contributed by atoms with Gasteiger partial charge in [0, 0.05) is 34.1 Å². The molecule has 0 fully saturated rings. The van der Waals surface area contributed by atoms with Gasteiger partial charge >= 0.3 is 0 Å². The lowest BCUT2D eigenvalue weighted by atomic mass is 10.1. The molecule has 0 heterocycles. The lowest BCUT2D eigenvalue weighted by Crippen LogP contribution is -2.15. The SMILES string of the molecule is C=C/C=C(\C=C1/Cc2ccc(N(c3ccccc3)c3cccc(C)c3)cc2C1)N(c1ccccc1)c1cccc(C)c1. The summed E-state index contributed by atoms with van der Waals surface area (Å²) in [5.41, 5.74) is 13.5. The van der Waals surface area contributed by atoms with Crippen molar-refractivity contribution in [3.8, 4) is 0 Å². The molecule has 0 aromatic heterocycles. The number of fused-ring (bicyclic) bond motifs is 1. The Balaban J connectivity index is 1.36. The van der Waals surface area contributed by atoms with Crippen LogP contribution in [0, 0.1) is 13.8 Å². The van der Waals surface area contributed by atoms with Crippen LogP contribution in [0.3, 0.4) is 0 Å². The zero-order valence-electron chi connectivity index (χ0n) is 24.4. The molecule has 2 nitrogen and oxygen atoms in total. The molecule has 0 spiro atoms. The highest BCUT2D eigenvalue weighted by molar-refractivity contribution is 5.78. The van der Waals surface area contributed by atoms with Crippen molar-refractivity contribution in [3.63, 3.8) is 0 Å². The fourth-order valence-corrected chi connectivity index (χ4v) is 5.84. The summed E-state index contributed by atoms with van der Waals surface area (Å²) in [6.45, 7) is 8.35. The summed E-state index contributed by atoms with van der Waals surface area (Å²) in [6, 6.07) is 45.6. The molecular formula is C40H36N2. The van der Waals surface area contributed by atoms with E-state index in [1.165, 1.54) is 39.2 Å². The van der Waals surface area contributed by atoms with Gasteiger partial charge < -0.3 is 9.80 Å². The fourth-order valence-electron chi connectivity index (χ4n) is 5.84. The summed E-state index contributed by atoms with van der Waals surface area (Å²) < 4.78 is 0. The first kappa shape index (κ1) is 27.1. The van der Waals surface area contributed by atoms with Crippen molar-refractivity contribution < 1.29 is 0 Å². The molecule has 0 saturated heterocycles. The Labute approximate surface area is 250 Å². The van der Waals surface area contributed by atoms with Crippen LogP contribution in [0.2, 0.25) is 0 Å². The van der Waals surface area contributed by atoms with Crippen molar-refractivity contribution in [3.05, 3.63) is 186 Å². The molecule has 1 aliphatic rings. The largest absolute Gasteiger partial charge is 0.310 e. The molecule has 0 bridgehead atoms. The molecule has 0 radical (unpaired) electrons. The average molecular weight is 545 g/mol. The molecule has 0 aliphatic heterocycles. The first-order valence-electron chi connectivity index (χ1n) is 14.6. The van der Waals surface area contributed by atoms with Crippen molar-refractivity contribution in [2.24, 2.45) is 0 Å². The van der Waals surface area contributed by atoms with Gasteiger partial charge in [0.15, 0.2) is 0 Å². The van der Waals surface area contributed by atoms with Crippen LogP contribution < -0.4 is 9.80 Å². The van der Waals surface area contributed by atoms with Crippen LogP contribution in [0.1, 0.15) is 22.3 Å². The van der Waals surface area contributed by atoms with E-state index in [2.05, 4.69) is 170 Å². The lowest BCUT2D eigenvalue weighted by molar-refractivity contribution is 1.13. The minimum atomic E-state index is 0.921. The summed E-state index contributed by atoms with van der Waals surface area (Å²) >= 11 is 0. The van der Waals surface area contributed by atoms with Crippen LogP contribution in [0.4, 0.5) is 28.4 Å². The zero-order chi connectivity index (χ0) is 28.9. The van der Waals surface area contributed by atoms with Crippen LogP contribution >= 0.6 is 0 Å². The highest BCUT2D eigenvalue weighted by atomic mass is 15.1. The van der Waals surface area contributed by atoms with Crippen molar-refractivity contribution in [2.75, 3.05) is 9.80 Å². The van der Waals surface area contributed by atoms with Gasteiger partial charge in [-0.25, -0.2) is 0 Å². The summed E-state index contributed by atoms with van der Waals surface area (Å²) in [5, 5.41) is 0. The molecule has 2 heteroatoms. The molecule has 42 heavy (non-hydrogen) atoms. The van der Waals surface area contributed by atoms with E-state index in [1.807, 2.05) is 6.08 Å². The monoisotopic (exact) mass is 544 g/mol.